The Morgan fingerprint density at radius 2 is 2.19 bits per heavy atom. The van der Waals surface area contributed by atoms with E-state index >= 15 is 0 Å². The highest BCUT2D eigenvalue weighted by Gasteiger charge is 2.08. The maximum absolute atomic E-state index is 10.5. The number of anilines is 1. The molecule has 0 amide bonds. The molecule has 0 saturated heterocycles. The maximum atomic E-state index is 10.5. The second-order valence-corrected chi connectivity index (χ2v) is 3.93. The number of nitrogens with two attached hydrogens (primary N) is 1. The van der Waals surface area contributed by atoms with Gasteiger partial charge in [-0.2, -0.15) is 0 Å². The number of hydrogen-bond donors (Lipinski definition) is 2. The van der Waals surface area contributed by atoms with Crippen molar-refractivity contribution in [2.75, 3.05) is 5.73 Å². The molecule has 0 spiro atoms. The van der Waals surface area contributed by atoms with Crippen LogP contribution in [0.25, 0.3) is 0 Å². The highest BCUT2D eigenvalue weighted by Crippen LogP contribution is 2.23. The van der Waals surface area contributed by atoms with Gasteiger partial charge in [-0.15, -0.1) is 0 Å². The Labute approximate surface area is 95.0 Å². The lowest BCUT2D eigenvalue weighted by molar-refractivity contribution is -0.136. The van der Waals surface area contributed by atoms with Crippen LogP contribution in [0, 0.1) is 0 Å². The van der Waals surface area contributed by atoms with Gasteiger partial charge in [-0.3, -0.25) is 4.79 Å². The summed E-state index contributed by atoms with van der Waals surface area (Å²) in [5, 5.41) is 8.64. The Kier molecular flexibility index (Phi) is 4.17. The highest BCUT2D eigenvalue weighted by molar-refractivity contribution is 5.67. The van der Waals surface area contributed by atoms with Crippen molar-refractivity contribution in [2.45, 2.75) is 32.8 Å². The molecule has 0 bridgehead atoms. The van der Waals surface area contributed by atoms with Gasteiger partial charge in [0.1, 0.15) is 5.75 Å². The molecular weight excluding hydrogens is 206 g/mol. The van der Waals surface area contributed by atoms with E-state index in [1.54, 1.807) is 18.2 Å². The van der Waals surface area contributed by atoms with Gasteiger partial charge in [0.2, 0.25) is 0 Å². The van der Waals surface area contributed by atoms with Crippen molar-refractivity contribution in [1.29, 1.82) is 0 Å². The molecule has 0 aliphatic carbocycles. The average molecular weight is 223 g/mol. The zero-order valence-corrected chi connectivity index (χ0v) is 9.56. The van der Waals surface area contributed by atoms with Crippen molar-refractivity contribution < 1.29 is 14.6 Å². The summed E-state index contributed by atoms with van der Waals surface area (Å²) in [5.41, 5.74) is 7.13. The Balaban J connectivity index is 2.84. The first kappa shape index (κ1) is 12.4. The molecule has 0 aliphatic rings. The summed E-state index contributed by atoms with van der Waals surface area (Å²) in [4.78, 5) is 10.5. The third-order valence-corrected chi connectivity index (χ3v) is 2.06. The molecule has 4 nitrogen and oxygen atoms in total. The van der Waals surface area contributed by atoms with Crippen LogP contribution in [0.15, 0.2) is 18.2 Å². The highest BCUT2D eigenvalue weighted by atomic mass is 16.5. The van der Waals surface area contributed by atoms with E-state index in [1.165, 1.54) is 0 Å². The fraction of sp³-hybridized carbons (Fsp3) is 0.417. The van der Waals surface area contributed by atoms with E-state index in [1.807, 2.05) is 13.8 Å². The van der Waals surface area contributed by atoms with Crippen LogP contribution in [-0.2, 0) is 11.2 Å². The van der Waals surface area contributed by atoms with Crippen LogP contribution >= 0.6 is 0 Å². The summed E-state index contributed by atoms with van der Waals surface area (Å²) in [7, 11) is 0. The molecule has 4 heteroatoms. The van der Waals surface area contributed by atoms with E-state index in [0.29, 0.717) is 17.9 Å². The van der Waals surface area contributed by atoms with Crippen molar-refractivity contribution in [3.05, 3.63) is 23.8 Å². The van der Waals surface area contributed by atoms with Crippen molar-refractivity contribution >= 4 is 11.7 Å². The second-order valence-electron chi connectivity index (χ2n) is 3.93. The first-order valence-corrected chi connectivity index (χ1v) is 5.26. The number of aryl methyl sites for hydroxylation is 1. The van der Waals surface area contributed by atoms with E-state index in [4.69, 9.17) is 15.6 Å². The van der Waals surface area contributed by atoms with Crippen molar-refractivity contribution in [3.8, 4) is 5.75 Å². The minimum Gasteiger partial charge on any atom is -0.491 e. The van der Waals surface area contributed by atoms with Gasteiger partial charge in [0, 0.05) is 12.1 Å². The fourth-order valence-electron chi connectivity index (χ4n) is 1.41. The molecule has 3 N–H and O–H groups in total. The number of nitrogen functional groups attached to an aromatic ring is 1. The van der Waals surface area contributed by atoms with Gasteiger partial charge >= 0.3 is 5.97 Å². The number of aliphatic carboxylic acids is 1. The summed E-state index contributed by atoms with van der Waals surface area (Å²) >= 11 is 0. The van der Waals surface area contributed by atoms with E-state index in [0.717, 1.165) is 5.56 Å². The Morgan fingerprint density at radius 3 is 2.75 bits per heavy atom. The molecule has 0 heterocycles. The number of benzene rings is 1. The van der Waals surface area contributed by atoms with E-state index in [9.17, 15) is 4.79 Å². The molecule has 88 valence electrons. The summed E-state index contributed by atoms with van der Waals surface area (Å²) < 4.78 is 5.58. The maximum Gasteiger partial charge on any atom is 0.303 e. The largest absolute Gasteiger partial charge is 0.491 e. The average Bonchev–Trinajstić information content (AvgIpc) is 2.17. The lowest BCUT2D eigenvalue weighted by Gasteiger charge is -2.14. The smallest absolute Gasteiger partial charge is 0.303 e. The van der Waals surface area contributed by atoms with E-state index in [2.05, 4.69) is 0 Å². The van der Waals surface area contributed by atoms with Crippen LogP contribution in [0.4, 0.5) is 5.69 Å². The van der Waals surface area contributed by atoms with Gasteiger partial charge in [-0.05, 0) is 44.0 Å². The fourth-order valence-corrected chi connectivity index (χ4v) is 1.41. The summed E-state index contributed by atoms with van der Waals surface area (Å²) in [6, 6.07) is 5.30. The van der Waals surface area contributed by atoms with Crippen LogP contribution in [0.2, 0.25) is 0 Å². The van der Waals surface area contributed by atoms with E-state index in [-0.39, 0.29) is 12.5 Å². The lowest BCUT2D eigenvalue weighted by atomic mass is 10.1. The predicted octanol–water partition coefficient (Wildman–Crippen LogP) is 2.07. The number of carboxylic acids is 1. The molecule has 0 aromatic heterocycles. The van der Waals surface area contributed by atoms with Crippen LogP contribution in [0.1, 0.15) is 25.8 Å². The van der Waals surface area contributed by atoms with Crippen LogP contribution in [-0.4, -0.2) is 17.2 Å². The van der Waals surface area contributed by atoms with Gasteiger partial charge < -0.3 is 15.6 Å². The quantitative estimate of drug-likeness (QED) is 0.749. The predicted molar refractivity (Wildman–Crippen MR) is 62.6 cm³/mol. The number of hydrogen-bond acceptors (Lipinski definition) is 3. The van der Waals surface area contributed by atoms with Crippen LogP contribution < -0.4 is 10.5 Å². The Morgan fingerprint density at radius 1 is 1.50 bits per heavy atom. The van der Waals surface area contributed by atoms with Gasteiger partial charge in [0.25, 0.3) is 0 Å². The molecule has 0 fully saturated rings. The van der Waals surface area contributed by atoms with Gasteiger partial charge in [0.15, 0.2) is 0 Å². The van der Waals surface area contributed by atoms with Crippen molar-refractivity contribution in [1.82, 2.24) is 0 Å². The number of rotatable bonds is 5. The summed E-state index contributed by atoms with van der Waals surface area (Å²) in [6.45, 7) is 3.86. The molecule has 16 heavy (non-hydrogen) atoms. The molecule has 0 unspecified atom stereocenters. The molecule has 0 saturated carbocycles. The van der Waals surface area contributed by atoms with Gasteiger partial charge in [0.05, 0.1) is 6.10 Å². The first-order chi connectivity index (χ1) is 7.49. The zero-order chi connectivity index (χ0) is 12.1. The summed E-state index contributed by atoms with van der Waals surface area (Å²) in [5.74, 6) is -0.108. The van der Waals surface area contributed by atoms with Crippen LogP contribution in [0.3, 0.4) is 0 Å². The minimum absolute atomic E-state index is 0.0622. The molecule has 1 aromatic carbocycles. The molecular formula is C12H17NO3. The molecule has 1 aromatic rings. The zero-order valence-electron chi connectivity index (χ0n) is 9.56. The van der Waals surface area contributed by atoms with Crippen molar-refractivity contribution in [3.63, 3.8) is 0 Å². The van der Waals surface area contributed by atoms with E-state index < -0.39 is 5.97 Å². The normalized spacial score (nSPS) is 10.4. The van der Waals surface area contributed by atoms with Crippen LogP contribution in [0.5, 0.6) is 5.75 Å². The SMILES string of the molecule is CC(C)Oc1ccc(N)cc1CCC(=O)O. The molecule has 0 radical (unpaired) electrons. The number of carbonyl (C=O) groups is 1. The van der Waals surface area contributed by atoms with Gasteiger partial charge in [-0.1, -0.05) is 0 Å². The molecule has 0 aliphatic heterocycles. The monoisotopic (exact) mass is 223 g/mol. The molecule has 1 rings (SSSR count). The number of carboxylic acid groups (broad SMARTS) is 1. The topological polar surface area (TPSA) is 72.5 Å². The first-order valence-electron chi connectivity index (χ1n) is 5.26. The summed E-state index contributed by atoms with van der Waals surface area (Å²) in [6.07, 6.45) is 0.576. The third kappa shape index (κ3) is 3.81. The Bertz CT molecular complexity index is 375. The Hall–Kier alpha value is -1.71. The lowest BCUT2D eigenvalue weighted by Crippen LogP contribution is -2.08. The standard InChI is InChI=1S/C12H17NO3/c1-8(2)16-11-5-4-10(13)7-9(11)3-6-12(14)15/h4-5,7-8H,3,6,13H2,1-2H3,(H,14,15). The number of ether oxygens (including phenoxy) is 1. The van der Waals surface area contributed by atoms with Gasteiger partial charge in [-0.25, -0.2) is 0 Å². The second kappa shape index (κ2) is 5.39. The molecule has 0 atom stereocenters. The minimum atomic E-state index is -0.821. The third-order valence-electron chi connectivity index (χ3n) is 2.06. The van der Waals surface area contributed by atoms with Crippen molar-refractivity contribution in [2.24, 2.45) is 0 Å².